The molecule has 2 aromatic heterocycles. The quantitative estimate of drug-likeness (QED) is 0.449. The predicted molar refractivity (Wildman–Crippen MR) is 163 cm³/mol. The largest absolute Gasteiger partial charge is 0.344 e. The number of aryl methyl sites for hydroxylation is 1. The molecule has 4 rings (SSSR count). The number of carbonyl (C=O) groups is 3. The molecule has 2 N–H and O–H groups in total. The lowest BCUT2D eigenvalue weighted by Crippen LogP contribution is -2.49. The fraction of sp³-hybridized carbons (Fsp3) is 0.467. The van der Waals surface area contributed by atoms with Crippen molar-refractivity contribution in [2.24, 2.45) is 13.0 Å². The van der Waals surface area contributed by atoms with E-state index in [-0.39, 0.29) is 47.7 Å². The fourth-order valence-corrected chi connectivity index (χ4v) is 5.31. The van der Waals surface area contributed by atoms with Crippen LogP contribution in [0.25, 0.3) is 11.4 Å². The van der Waals surface area contributed by atoms with E-state index in [1.807, 2.05) is 50.4 Å². The first-order valence-electron chi connectivity index (χ1n) is 14.2. The van der Waals surface area contributed by atoms with Crippen molar-refractivity contribution in [1.29, 1.82) is 0 Å². The van der Waals surface area contributed by atoms with Crippen LogP contribution in [0.15, 0.2) is 53.5 Å². The van der Waals surface area contributed by atoms with Gasteiger partial charge >= 0.3 is 0 Å². The van der Waals surface area contributed by atoms with Gasteiger partial charge in [0.1, 0.15) is 6.04 Å². The van der Waals surface area contributed by atoms with E-state index in [1.54, 1.807) is 40.7 Å². The van der Waals surface area contributed by atoms with Crippen LogP contribution in [0.2, 0.25) is 0 Å². The molecule has 11 nitrogen and oxygen atoms in total. The van der Waals surface area contributed by atoms with Crippen molar-refractivity contribution in [2.45, 2.75) is 51.7 Å². The van der Waals surface area contributed by atoms with Gasteiger partial charge < -0.3 is 20.1 Å². The molecule has 2 atom stereocenters. The summed E-state index contributed by atoms with van der Waals surface area (Å²) in [7, 11) is 1.63. The third-order valence-electron chi connectivity index (χ3n) is 7.29. The van der Waals surface area contributed by atoms with Gasteiger partial charge in [-0.05, 0) is 36.8 Å². The molecule has 1 aromatic carbocycles. The first-order chi connectivity index (χ1) is 20.2. The molecule has 1 aliphatic heterocycles. The molecule has 42 heavy (non-hydrogen) atoms. The van der Waals surface area contributed by atoms with Gasteiger partial charge in [-0.3, -0.25) is 19.2 Å². The van der Waals surface area contributed by atoms with Crippen LogP contribution in [-0.4, -0.2) is 73.1 Å². The summed E-state index contributed by atoms with van der Waals surface area (Å²) in [5.41, 5.74) is 0.847. The summed E-state index contributed by atoms with van der Waals surface area (Å²) in [6, 6.07) is 11.4. The Morgan fingerprint density at radius 1 is 1.07 bits per heavy atom. The summed E-state index contributed by atoms with van der Waals surface area (Å²) in [5.74, 6) is 0.964. The Bertz CT molecular complexity index is 1450. The van der Waals surface area contributed by atoms with Gasteiger partial charge in [-0.25, -0.2) is 9.67 Å². The number of nitrogens with zero attached hydrogens (tertiary/aromatic N) is 5. The molecular formula is C30H39N7O4S. The Hall–Kier alpha value is -3.93. The second-order valence-electron chi connectivity index (χ2n) is 10.8. The maximum atomic E-state index is 13.6. The van der Waals surface area contributed by atoms with Gasteiger partial charge in [-0.2, -0.15) is 16.9 Å². The first kappa shape index (κ1) is 31.0. The van der Waals surface area contributed by atoms with Crippen molar-refractivity contribution in [3.63, 3.8) is 0 Å². The lowest BCUT2D eigenvalue weighted by Gasteiger charge is -2.28. The van der Waals surface area contributed by atoms with Gasteiger partial charge in [-0.15, -0.1) is 0 Å². The predicted octanol–water partition coefficient (Wildman–Crippen LogP) is 2.63. The molecule has 3 heterocycles. The highest BCUT2D eigenvalue weighted by molar-refractivity contribution is 7.98. The van der Waals surface area contributed by atoms with Crippen LogP contribution in [0, 0.1) is 5.92 Å². The molecule has 0 aliphatic carbocycles. The Morgan fingerprint density at radius 2 is 1.83 bits per heavy atom. The molecular weight excluding hydrogens is 554 g/mol. The summed E-state index contributed by atoms with van der Waals surface area (Å²) in [4.78, 5) is 58.8. The van der Waals surface area contributed by atoms with Crippen LogP contribution in [0.5, 0.6) is 0 Å². The summed E-state index contributed by atoms with van der Waals surface area (Å²) < 4.78 is 3.17. The minimum Gasteiger partial charge on any atom is -0.344 e. The van der Waals surface area contributed by atoms with Gasteiger partial charge in [0.25, 0.3) is 11.5 Å². The minimum atomic E-state index is -0.697. The van der Waals surface area contributed by atoms with Gasteiger partial charge in [0.2, 0.25) is 11.8 Å². The van der Waals surface area contributed by atoms with Gasteiger partial charge in [-0.1, -0.05) is 44.2 Å². The molecule has 0 saturated carbocycles. The molecule has 1 aliphatic rings. The van der Waals surface area contributed by atoms with Gasteiger partial charge in [0.05, 0.1) is 12.6 Å². The number of hydrogen-bond donors (Lipinski definition) is 2. The normalized spacial score (nSPS) is 18.6. The number of aromatic nitrogens is 4. The zero-order chi connectivity index (χ0) is 30.2. The molecule has 0 saturated heterocycles. The van der Waals surface area contributed by atoms with Crippen LogP contribution in [0.3, 0.4) is 0 Å². The number of hydrogen-bond acceptors (Lipinski definition) is 7. The smallest absolute Gasteiger partial charge is 0.254 e. The third-order valence-corrected chi connectivity index (χ3v) is 7.93. The molecule has 3 amide bonds. The number of rotatable bonds is 6. The van der Waals surface area contributed by atoms with Crippen LogP contribution >= 0.6 is 11.8 Å². The molecule has 12 heteroatoms. The van der Waals surface area contributed by atoms with Crippen molar-refractivity contribution in [2.75, 3.05) is 25.1 Å². The SMILES string of the molecule is CSCC[C@@H]1NC(=O)CCCN(C(=O)c2ccn(C)c(=O)c2)CCn2nc(-c3ccccc3)nc2[C@@H](C(C)C)NC1=O. The van der Waals surface area contributed by atoms with Crippen molar-refractivity contribution < 1.29 is 14.4 Å². The summed E-state index contributed by atoms with van der Waals surface area (Å²) >= 11 is 1.61. The third kappa shape index (κ3) is 7.67. The minimum absolute atomic E-state index is 0.0383. The van der Waals surface area contributed by atoms with Crippen molar-refractivity contribution in [3.8, 4) is 11.4 Å². The summed E-state index contributed by atoms with van der Waals surface area (Å²) in [6.07, 6.45) is 4.57. The molecule has 0 unspecified atom stereocenters. The number of pyridine rings is 1. The van der Waals surface area contributed by atoms with Crippen molar-refractivity contribution in [3.05, 3.63) is 70.4 Å². The average molecular weight is 594 g/mol. The highest BCUT2D eigenvalue weighted by Crippen LogP contribution is 2.25. The highest BCUT2D eigenvalue weighted by atomic mass is 32.2. The Balaban J connectivity index is 1.74. The number of nitrogens with one attached hydrogen (secondary N) is 2. The highest BCUT2D eigenvalue weighted by Gasteiger charge is 2.30. The first-order valence-corrected chi connectivity index (χ1v) is 15.6. The van der Waals surface area contributed by atoms with Gasteiger partial charge in [0, 0.05) is 49.9 Å². The second-order valence-corrected chi connectivity index (χ2v) is 11.8. The second kappa shape index (κ2) is 14.3. The number of benzene rings is 1. The van der Waals surface area contributed by atoms with E-state index in [2.05, 4.69) is 10.6 Å². The summed E-state index contributed by atoms with van der Waals surface area (Å²) in [5, 5.41) is 10.9. The molecule has 0 bridgehead atoms. The number of thioether (sulfide) groups is 1. The van der Waals surface area contributed by atoms with Crippen LogP contribution in [-0.2, 0) is 23.2 Å². The Kier molecular flexibility index (Phi) is 10.6. The Morgan fingerprint density at radius 3 is 2.52 bits per heavy atom. The monoisotopic (exact) mass is 593 g/mol. The van der Waals surface area contributed by atoms with Crippen molar-refractivity contribution in [1.82, 2.24) is 34.9 Å². The standard InChI is InChI=1S/C30H39N7O4S/c1-20(2)26-28-33-27(21-9-6-5-7-10-21)34-37(28)17-16-36(30(41)22-12-15-35(3)25(39)19-22)14-8-11-24(38)31-23(13-18-42-4)29(40)32-26/h5-7,9-10,12,15,19-20,23,26H,8,11,13-14,16-18H2,1-4H3,(H,31,38)(H,32,40)/t23-,26+/m0/s1. The number of amides is 3. The zero-order valence-corrected chi connectivity index (χ0v) is 25.4. The van der Waals surface area contributed by atoms with E-state index in [9.17, 15) is 19.2 Å². The maximum absolute atomic E-state index is 13.6. The van der Waals surface area contributed by atoms with Crippen molar-refractivity contribution >= 4 is 29.5 Å². The van der Waals surface area contributed by atoms with Crippen LogP contribution in [0.1, 0.15) is 55.3 Å². The zero-order valence-electron chi connectivity index (χ0n) is 24.6. The van der Waals surface area contributed by atoms with E-state index in [1.165, 1.54) is 10.6 Å². The van der Waals surface area contributed by atoms with E-state index >= 15 is 0 Å². The molecule has 0 fully saturated rings. The average Bonchev–Trinajstić information content (AvgIpc) is 3.40. The van der Waals surface area contributed by atoms with Crippen LogP contribution < -0.4 is 16.2 Å². The van der Waals surface area contributed by atoms with Gasteiger partial charge in [0.15, 0.2) is 11.6 Å². The molecule has 0 spiro atoms. The van der Waals surface area contributed by atoms with Crippen LogP contribution in [0.4, 0.5) is 0 Å². The number of carbonyl (C=O) groups excluding carboxylic acids is 3. The van der Waals surface area contributed by atoms with E-state index in [0.29, 0.717) is 43.3 Å². The lowest BCUT2D eigenvalue weighted by molar-refractivity contribution is -0.129. The van der Waals surface area contributed by atoms with E-state index in [4.69, 9.17) is 10.1 Å². The molecule has 3 aromatic rings. The maximum Gasteiger partial charge on any atom is 0.254 e. The molecule has 0 radical (unpaired) electrons. The Labute approximate surface area is 250 Å². The summed E-state index contributed by atoms with van der Waals surface area (Å²) in [6.45, 7) is 4.88. The fourth-order valence-electron chi connectivity index (χ4n) is 4.84. The topological polar surface area (TPSA) is 131 Å². The van der Waals surface area contributed by atoms with E-state index in [0.717, 1.165) is 5.56 Å². The number of fused-ring (bicyclic) bond motifs is 1. The van der Waals surface area contributed by atoms with E-state index < -0.39 is 12.1 Å². The molecule has 224 valence electrons. The lowest BCUT2D eigenvalue weighted by atomic mass is 10.0.